The van der Waals surface area contributed by atoms with E-state index in [2.05, 4.69) is 27.6 Å². The Morgan fingerprint density at radius 1 is 1.23 bits per heavy atom. The van der Waals surface area contributed by atoms with Crippen LogP contribution in [0.4, 0.5) is 0 Å². The van der Waals surface area contributed by atoms with E-state index < -0.39 is 0 Å². The number of para-hydroxylation sites is 1. The van der Waals surface area contributed by atoms with Gasteiger partial charge in [0.15, 0.2) is 0 Å². The smallest absolute Gasteiger partial charge is 0.306 e. The number of hydrogen-bond acceptors (Lipinski definition) is 4. The fraction of sp³-hybridized carbons (Fsp3) is 0.375. The predicted molar refractivity (Wildman–Crippen MR) is 93.8 cm³/mol. The van der Waals surface area contributed by atoms with Gasteiger partial charge in [0.05, 0.1) is 19.0 Å². The molecule has 0 amide bonds. The number of hydrogen-bond donors (Lipinski definition) is 0. The molecule has 6 heteroatoms. The van der Waals surface area contributed by atoms with E-state index in [-0.39, 0.29) is 30.8 Å². The summed E-state index contributed by atoms with van der Waals surface area (Å²) in [6.45, 7) is 4.52. The summed E-state index contributed by atoms with van der Waals surface area (Å²) in [5.74, 6) is -0.164. The van der Waals surface area contributed by atoms with E-state index in [0.717, 1.165) is 18.6 Å². The van der Waals surface area contributed by atoms with E-state index in [0.29, 0.717) is 13.0 Å². The van der Waals surface area contributed by atoms with Gasteiger partial charge in [0.1, 0.15) is 0 Å². The van der Waals surface area contributed by atoms with Crippen molar-refractivity contribution in [3.05, 3.63) is 42.1 Å². The molecular weight excluding hydrogens is 323 g/mol. The second-order valence-electron chi connectivity index (χ2n) is 4.68. The lowest BCUT2D eigenvalue weighted by Gasteiger charge is -2.20. The Bertz CT molecular complexity index is 588. The first kappa shape index (κ1) is 20.6. The van der Waals surface area contributed by atoms with Gasteiger partial charge < -0.3 is 4.74 Å². The number of fused-ring (bicyclic) bond motifs is 1. The maximum atomic E-state index is 11.2. The zero-order valence-electron chi connectivity index (χ0n) is 12.8. The van der Waals surface area contributed by atoms with Crippen LogP contribution < -0.4 is 0 Å². The molecule has 0 N–H and O–H groups in total. The van der Waals surface area contributed by atoms with Crippen molar-refractivity contribution in [2.45, 2.75) is 19.9 Å². The number of aromatic nitrogens is 1. The van der Waals surface area contributed by atoms with Crippen molar-refractivity contribution in [2.24, 2.45) is 0 Å². The SMILES string of the molecule is CCN(CCC(=O)OC)Cc1ccnc2ccccc12.Cl.Cl. The van der Waals surface area contributed by atoms with Crippen molar-refractivity contribution in [3.8, 4) is 0 Å². The lowest BCUT2D eigenvalue weighted by atomic mass is 10.1. The van der Waals surface area contributed by atoms with Gasteiger partial charge in [-0.2, -0.15) is 0 Å². The Labute approximate surface area is 143 Å². The highest BCUT2D eigenvalue weighted by Crippen LogP contribution is 2.17. The highest BCUT2D eigenvalue weighted by Gasteiger charge is 2.09. The molecule has 122 valence electrons. The lowest BCUT2D eigenvalue weighted by Crippen LogP contribution is -2.26. The molecule has 0 saturated carbocycles. The largest absolute Gasteiger partial charge is 0.469 e. The number of esters is 1. The average Bonchev–Trinajstić information content (AvgIpc) is 2.51. The van der Waals surface area contributed by atoms with Gasteiger partial charge >= 0.3 is 5.97 Å². The first-order valence-corrected chi connectivity index (χ1v) is 6.86. The number of benzene rings is 1. The van der Waals surface area contributed by atoms with E-state index in [1.54, 1.807) is 0 Å². The van der Waals surface area contributed by atoms with E-state index >= 15 is 0 Å². The molecule has 0 aliphatic carbocycles. The second-order valence-corrected chi connectivity index (χ2v) is 4.68. The molecule has 0 radical (unpaired) electrons. The fourth-order valence-corrected chi connectivity index (χ4v) is 2.23. The highest BCUT2D eigenvalue weighted by atomic mass is 35.5. The Balaban J connectivity index is 0.00000220. The minimum absolute atomic E-state index is 0. The number of halogens is 2. The van der Waals surface area contributed by atoms with Crippen LogP contribution in [0.5, 0.6) is 0 Å². The summed E-state index contributed by atoms with van der Waals surface area (Å²) in [6.07, 6.45) is 2.26. The van der Waals surface area contributed by atoms with Crippen LogP contribution in [0.2, 0.25) is 0 Å². The molecule has 1 heterocycles. The molecule has 0 spiro atoms. The van der Waals surface area contributed by atoms with E-state index in [1.807, 2.05) is 30.5 Å². The van der Waals surface area contributed by atoms with Crippen LogP contribution in [0, 0.1) is 0 Å². The molecule has 4 nitrogen and oxygen atoms in total. The Kier molecular flexibility index (Phi) is 9.74. The van der Waals surface area contributed by atoms with Gasteiger partial charge in [-0.3, -0.25) is 14.7 Å². The van der Waals surface area contributed by atoms with E-state index in [9.17, 15) is 4.79 Å². The van der Waals surface area contributed by atoms with Crippen LogP contribution in [0.1, 0.15) is 18.9 Å². The van der Waals surface area contributed by atoms with Gasteiger partial charge in [0.25, 0.3) is 0 Å². The summed E-state index contributed by atoms with van der Waals surface area (Å²) in [4.78, 5) is 17.8. The molecule has 2 aromatic rings. The normalized spacial score (nSPS) is 9.95. The monoisotopic (exact) mass is 344 g/mol. The van der Waals surface area contributed by atoms with Gasteiger partial charge in [-0.05, 0) is 24.2 Å². The van der Waals surface area contributed by atoms with Crippen molar-refractivity contribution >= 4 is 41.7 Å². The van der Waals surface area contributed by atoms with Crippen molar-refractivity contribution in [2.75, 3.05) is 20.2 Å². The zero-order valence-corrected chi connectivity index (χ0v) is 14.5. The molecule has 0 aliphatic rings. The molecule has 1 aromatic heterocycles. The molecule has 2 rings (SSSR count). The summed E-state index contributed by atoms with van der Waals surface area (Å²) >= 11 is 0. The number of carbonyl (C=O) groups excluding carboxylic acids is 1. The van der Waals surface area contributed by atoms with Crippen LogP contribution >= 0.6 is 24.8 Å². The molecular formula is C16H22Cl2N2O2. The van der Waals surface area contributed by atoms with Crippen LogP contribution in [0.25, 0.3) is 10.9 Å². The van der Waals surface area contributed by atoms with Crippen LogP contribution in [0.15, 0.2) is 36.5 Å². The Morgan fingerprint density at radius 3 is 2.64 bits per heavy atom. The molecule has 0 aliphatic heterocycles. The maximum Gasteiger partial charge on any atom is 0.306 e. The van der Waals surface area contributed by atoms with Gasteiger partial charge in [0.2, 0.25) is 0 Å². The fourth-order valence-electron chi connectivity index (χ4n) is 2.23. The van der Waals surface area contributed by atoms with Gasteiger partial charge in [-0.25, -0.2) is 0 Å². The van der Waals surface area contributed by atoms with Crippen LogP contribution in [-0.4, -0.2) is 36.1 Å². The second kappa shape index (κ2) is 10.4. The summed E-state index contributed by atoms with van der Waals surface area (Å²) in [7, 11) is 1.43. The minimum Gasteiger partial charge on any atom is -0.469 e. The number of pyridine rings is 1. The summed E-state index contributed by atoms with van der Waals surface area (Å²) in [6, 6.07) is 10.2. The summed E-state index contributed by atoms with van der Waals surface area (Å²) in [5.41, 5.74) is 2.25. The number of methoxy groups -OCH3 is 1. The molecule has 22 heavy (non-hydrogen) atoms. The van der Waals surface area contributed by atoms with Crippen molar-refractivity contribution in [3.63, 3.8) is 0 Å². The number of ether oxygens (including phenoxy) is 1. The first-order chi connectivity index (χ1) is 9.74. The molecule has 0 bridgehead atoms. The molecule has 0 atom stereocenters. The van der Waals surface area contributed by atoms with E-state index in [4.69, 9.17) is 0 Å². The lowest BCUT2D eigenvalue weighted by molar-refractivity contribution is -0.141. The van der Waals surface area contributed by atoms with Crippen molar-refractivity contribution in [1.82, 2.24) is 9.88 Å². The highest BCUT2D eigenvalue weighted by molar-refractivity contribution is 5.85. The molecule has 0 saturated heterocycles. The predicted octanol–water partition coefficient (Wildman–Crippen LogP) is 3.46. The third-order valence-electron chi connectivity index (χ3n) is 3.44. The first-order valence-electron chi connectivity index (χ1n) is 6.86. The Morgan fingerprint density at radius 2 is 1.95 bits per heavy atom. The van der Waals surface area contributed by atoms with Crippen LogP contribution in [-0.2, 0) is 16.1 Å². The number of carbonyl (C=O) groups is 1. The van der Waals surface area contributed by atoms with Gasteiger partial charge in [-0.1, -0.05) is 25.1 Å². The summed E-state index contributed by atoms with van der Waals surface area (Å²) < 4.78 is 4.69. The third kappa shape index (κ3) is 5.44. The van der Waals surface area contributed by atoms with Gasteiger partial charge in [-0.15, -0.1) is 24.8 Å². The third-order valence-corrected chi connectivity index (χ3v) is 3.44. The Hall–Kier alpha value is -1.36. The quantitative estimate of drug-likeness (QED) is 0.752. The van der Waals surface area contributed by atoms with Gasteiger partial charge in [0, 0.05) is 24.7 Å². The maximum absolute atomic E-state index is 11.2. The molecule has 0 fully saturated rings. The zero-order chi connectivity index (χ0) is 14.4. The van der Waals surface area contributed by atoms with Crippen LogP contribution in [0.3, 0.4) is 0 Å². The summed E-state index contributed by atoms with van der Waals surface area (Å²) in [5, 5.41) is 1.17. The van der Waals surface area contributed by atoms with Crippen molar-refractivity contribution in [1.29, 1.82) is 0 Å². The molecule has 1 aromatic carbocycles. The topological polar surface area (TPSA) is 42.4 Å². The minimum atomic E-state index is -0.164. The average molecular weight is 345 g/mol. The number of nitrogens with zero attached hydrogens (tertiary/aromatic N) is 2. The standard InChI is InChI=1S/C16H20N2O2.2ClH/c1-3-18(11-9-16(19)20-2)12-13-8-10-17-15-7-5-4-6-14(13)15;;/h4-8,10H,3,9,11-12H2,1-2H3;2*1H. The number of rotatable bonds is 6. The van der Waals surface area contributed by atoms with E-state index in [1.165, 1.54) is 18.1 Å². The van der Waals surface area contributed by atoms with Crippen molar-refractivity contribution < 1.29 is 9.53 Å². The molecule has 0 unspecified atom stereocenters.